The third-order valence-corrected chi connectivity index (χ3v) is 3.21. The fraction of sp³-hybridized carbons (Fsp3) is 0.154. The Balaban J connectivity index is 2.12. The number of fused-ring (bicyclic) bond motifs is 1. The molecule has 0 saturated heterocycles. The van der Waals surface area contributed by atoms with Crippen LogP contribution in [0, 0.1) is 17.5 Å². The molecule has 0 bridgehead atoms. The molecule has 1 aromatic carbocycles. The molecular weight excluding hydrogens is 263 g/mol. The highest BCUT2D eigenvalue weighted by Gasteiger charge is 2.07. The quantitative estimate of drug-likeness (QED) is 0.731. The van der Waals surface area contributed by atoms with Crippen molar-refractivity contribution in [2.45, 2.75) is 13.5 Å². The maximum absolute atomic E-state index is 13.3. The van der Waals surface area contributed by atoms with Crippen LogP contribution in [0.2, 0.25) is 0 Å². The largest absolute Gasteiger partial charge is 0.331 e. The summed E-state index contributed by atoms with van der Waals surface area (Å²) in [5.41, 5.74) is 2.40. The number of aromatic nitrogens is 4. The van der Waals surface area contributed by atoms with Gasteiger partial charge in [-0.05, 0) is 43.4 Å². The molecule has 0 aliphatic heterocycles. The van der Waals surface area contributed by atoms with Crippen LogP contribution >= 0.6 is 12.2 Å². The van der Waals surface area contributed by atoms with Gasteiger partial charge >= 0.3 is 0 Å². The van der Waals surface area contributed by atoms with Crippen LogP contribution in [0.4, 0.5) is 4.39 Å². The van der Waals surface area contributed by atoms with E-state index in [1.165, 1.54) is 12.1 Å². The lowest BCUT2D eigenvalue weighted by Gasteiger charge is -2.04. The zero-order valence-electron chi connectivity index (χ0n) is 10.2. The highest BCUT2D eigenvalue weighted by atomic mass is 32.1. The Morgan fingerprint density at radius 1 is 1.37 bits per heavy atom. The zero-order valence-corrected chi connectivity index (χ0v) is 11.0. The molecule has 0 aliphatic carbocycles. The molecule has 3 rings (SSSR count). The van der Waals surface area contributed by atoms with Crippen molar-refractivity contribution in [2.75, 3.05) is 0 Å². The van der Waals surface area contributed by atoms with Crippen LogP contribution in [0.1, 0.15) is 11.5 Å². The van der Waals surface area contributed by atoms with E-state index in [1.54, 1.807) is 12.3 Å². The summed E-state index contributed by atoms with van der Waals surface area (Å²) >= 11 is 5.27. The molecule has 4 nitrogen and oxygen atoms in total. The van der Waals surface area contributed by atoms with E-state index in [9.17, 15) is 4.39 Å². The van der Waals surface area contributed by atoms with E-state index in [0.717, 1.165) is 16.7 Å². The molecule has 0 aliphatic rings. The number of benzene rings is 1. The van der Waals surface area contributed by atoms with Crippen molar-refractivity contribution in [3.05, 3.63) is 52.6 Å². The molecule has 19 heavy (non-hydrogen) atoms. The summed E-state index contributed by atoms with van der Waals surface area (Å²) in [4.78, 5) is 11.4. The van der Waals surface area contributed by atoms with Crippen molar-refractivity contribution in [1.29, 1.82) is 0 Å². The molecule has 0 fully saturated rings. The zero-order chi connectivity index (χ0) is 13.4. The Hall–Kier alpha value is -2.08. The molecule has 96 valence electrons. The van der Waals surface area contributed by atoms with Crippen LogP contribution < -0.4 is 0 Å². The van der Waals surface area contributed by atoms with Crippen LogP contribution in [0.5, 0.6) is 0 Å². The Bertz CT molecular complexity index is 806. The number of nitrogens with zero attached hydrogens (tertiary/aromatic N) is 3. The van der Waals surface area contributed by atoms with Gasteiger partial charge in [0.2, 0.25) is 0 Å². The fourth-order valence-corrected chi connectivity index (χ4v) is 2.31. The lowest BCUT2D eigenvalue weighted by Crippen LogP contribution is -2.03. The number of aromatic amines is 1. The molecule has 0 unspecified atom stereocenters. The van der Waals surface area contributed by atoms with Crippen LogP contribution in [-0.2, 0) is 6.54 Å². The number of aryl methyl sites for hydroxylation is 1. The summed E-state index contributed by atoms with van der Waals surface area (Å²) in [6, 6.07) is 6.39. The number of rotatable bonds is 2. The van der Waals surface area contributed by atoms with E-state index in [-0.39, 0.29) is 5.82 Å². The second-order valence-corrected chi connectivity index (χ2v) is 4.66. The molecule has 3 aromatic rings. The van der Waals surface area contributed by atoms with Gasteiger partial charge in [-0.15, -0.1) is 0 Å². The molecule has 0 saturated carbocycles. The molecular formula is C13H11FN4S. The number of nitrogens with one attached hydrogen (secondary N) is 1. The topological polar surface area (TPSA) is 46.5 Å². The Labute approximate surface area is 114 Å². The summed E-state index contributed by atoms with van der Waals surface area (Å²) in [5.74, 6) is 0.421. The SMILES string of the molecule is Cc1nccc(Cn2c(=S)[nH]c3ccc(F)cc32)n1. The third kappa shape index (κ3) is 2.26. The average molecular weight is 274 g/mol. The summed E-state index contributed by atoms with van der Waals surface area (Å²) in [7, 11) is 0. The van der Waals surface area contributed by atoms with Crippen molar-refractivity contribution in [3.63, 3.8) is 0 Å². The van der Waals surface area contributed by atoms with E-state index < -0.39 is 0 Å². The Morgan fingerprint density at radius 3 is 3.00 bits per heavy atom. The van der Waals surface area contributed by atoms with Gasteiger partial charge in [0, 0.05) is 6.20 Å². The van der Waals surface area contributed by atoms with Crippen molar-refractivity contribution in [1.82, 2.24) is 19.5 Å². The predicted molar refractivity (Wildman–Crippen MR) is 73.0 cm³/mol. The molecule has 2 aromatic heterocycles. The molecule has 0 amide bonds. The molecule has 6 heteroatoms. The van der Waals surface area contributed by atoms with Crippen molar-refractivity contribution in [2.24, 2.45) is 0 Å². The minimum absolute atomic E-state index is 0.283. The van der Waals surface area contributed by atoms with E-state index in [0.29, 0.717) is 17.1 Å². The second-order valence-electron chi connectivity index (χ2n) is 4.27. The van der Waals surface area contributed by atoms with Crippen LogP contribution in [0.3, 0.4) is 0 Å². The summed E-state index contributed by atoms with van der Waals surface area (Å²) in [6.07, 6.45) is 1.71. The van der Waals surface area contributed by atoms with Gasteiger partial charge in [-0.25, -0.2) is 14.4 Å². The Morgan fingerprint density at radius 2 is 2.21 bits per heavy atom. The fourth-order valence-electron chi connectivity index (χ4n) is 2.04. The number of hydrogen-bond acceptors (Lipinski definition) is 3. The first kappa shape index (κ1) is 12.0. The standard InChI is InChI=1S/C13H11FN4S/c1-8-15-5-4-10(16-8)7-18-12-6-9(14)2-3-11(12)17-13(18)19/h2-6H,7H2,1H3,(H,17,19). The van der Waals surface area contributed by atoms with Crippen molar-refractivity contribution >= 4 is 23.3 Å². The van der Waals surface area contributed by atoms with Gasteiger partial charge in [0.05, 0.1) is 23.3 Å². The highest BCUT2D eigenvalue weighted by molar-refractivity contribution is 7.71. The monoisotopic (exact) mass is 274 g/mol. The van der Waals surface area contributed by atoms with Crippen molar-refractivity contribution < 1.29 is 4.39 Å². The summed E-state index contributed by atoms with van der Waals surface area (Å²) in [6.45, 7) is 2.32. The van der Waals surface area contributed by atoms with Crippen LogP contribution in [0.15, 0.2) is 30.5 Å². The number of imidazole rings is 1. The van der Waals surface area contributed by atoms with Gasteiger partial charge in [0.1, 0.15) is 11.6 Å². The van der Waals surface area contributed by atoms with Gasteiger partial charge in [-0.3, -0.25) is 0 Å². The lowest BCUT2D eigenvalue weighted by molar-refractivity contribution is 0.628. The van der Waals surface area contributed by atoms with E-state index >= 15 is 0 Å². The van der Waals surface area contributed by atoms with E-state index in [1.807, 2.05) is 17.6 Å². The molecule has 2 heterocycles. The second kappa shape index (κ2) is 4.55. The Kier molecular flexibility index (Phi) is 2.87. The maximum atomic E-state index is 13.3. The molecule has 0 atom stereocenters. The lowest BCUT2D eigenvalue weighted by atomic mass is 10.3. The molecule has 0 radical (unpaired) electrons. The van der Waals surface area contributed by atoms with Crippen LogP contribution in [-0.4, -0.2) is 19.5 Å². The smallest absolute Gasteiger partial charge is 0.178 e. The summed E-state index contributed by atoms with van der Waals surface area (Å²) in [5, 5.41) is 0. The van der Waals surface area contributed by atoms with Gasteiger partial charge in [-0.2, -0.15) is 0 Å². The first-order valence-corrected chi connectivity index (χ1v) is 6.21. The van der Waals surface area contributed by atoms with Gasteiger partial charge < -0.3 is 9.55 Å². The number of H-pyrrole nitrogens is 1. The van der Waals surface area contributed by atoms with Gasteiger partial charge in [0.15, 0.2) is 4.77 Å². The first-order chi connectivity index (χ1) is 9.13. The molecule has 0 spiro atoms. The maximum Gasteiger partial charge on any atom is 0.178 e. The average Bonchev–Trinajstić information content (AvgIpc) is 2.66. The summed E-state index contributed by atoms with van der Waals surface area (Å²) < 4.78 is 15.7. The minimum Gasteiger partial charge on any atom is -0.331 e. The van der Waals surface area contributed by atoms with E-state index in [2.05, 4.69) is 15.0 Å². The highest BCUT2D eigenvalue weighted by Crippen LogP contribution is 2.16. The molecule has 1 N–H and O–H groups in total. The van der Waals surface area contributed by atoms with E-state index in [4.69, 9.17) is 12.2 Å². The number of hydrogen-bond donors (Lipinski definition) is 1. The first-order valence-electron chi connectivity index (χ1n) is 5.80. The van der Waals surface area contributed by atoms with Gasteiger partial charge in [0.25, 0.3) is 0 Å². The predicted octanol–water partition coefficient (Wildman–Crippen LogP) is 2.98. The van der Waals surface area contributed by atoms with Gasteiger partial charge in [-0.1, -0.05) is 0 Å². The third-order valence-electron chi connectivity index (χ3n) is 2.89. The normalized spacial score (nSPS) is 11.1. The van der Waals surface area contributed by atoms with Crippen LogP contribution in [0.25, 0.3) is 11.0 Å². The minimum atomic E-state index is -0.283. The number of halogens is 1. The van der Waals surface area contributed by atoms with Crippen molar-refractivity contribution in [3.8, 4) is 0 Å².